The molecule has 1 fully saturated rings. The second-order valence-electron chi connectivity index (χ2n) is 6.67. The zero-order valence-corrected chi connectivity index (χ0v) is 17.2. The van der Waals surface area contributed by atoms with Crippen LogP contribution in [-0.2, 0) is 14.8 Å². The number of rotatable bonds is 5. The molecule has 0 aliphatic carbocycles. The first-order valence-corrected chi connectivity index (χ1v) is 11.4. The van der Waals surface area contributed by atoms with Crippen LogP contribution >= 0.6 is 11.3 Å². The fraction of sp³-hybridized carbons (Fsp3) is 0.444. The van der Waals surface area contributed by atoms with E-state index in [1.807, 2.05) is 30.5 Å². The highest BCUT2D eigenvalue weighted by Crippen LogP contribution is 2.29. The van der Waals surface area contributed by atoms with Gasteiger partial charge in [-0.3, -0.25) is 4.79 Å². The summed E-state index contributed by atoms with van der Waals surface area (Å²) in [6, 6.07) is 5.81. The van der Waals surface area contributed by atoms with Gasteiger partial charge in [-0.05, 0) is 43.5 Å². The number of amides is 1. The Kier molecular flexibility index (Phi) is 5.83. The zero-order chi connectivity index (χ0) is 19.6. The van der Waals surface area contributed by atoms with Gasteiger partial charge in [-0.2, -0.15) is 0 Å². The van der Waals surface area contributed by atoms with Gasteiger partial charge < -0.3 is 10.1 Å². The van der Waals surface area contributed by atoms with Crippen molar-refractivity contribution in [3.8, 4) is 17.0 Å². The van der Waals surface area contributed by atoms with Crippen LogP contribution in [0.15, 0.2) is 23.6 Å². The van der Waals surface area contributed by atoms with Crippen molar-refractivity contribution in [1.82, 2.24) is 9.29 Å². The van der Waals surface area contributed by atoms with E-state index in [0.29, 0.717) is 24.5 Å². The molecule has 27 heavy (non-hydrogen) atoms. The number of methoxy groups -OCH3 is 1. The third-order valence-corrected chi connectivity index (χ3v) is 6.68. The van der Waals surface area contributed by atoms with Gasteiger partial charge in [0.1, 0.15) is 5.75 Å². The summed E-state index contributed by atoms with van der Waals surface area (Å²) in [6.07, 6.45) is 2.53. The van der Waals surface area contributed by atoms with Crippen LogP contribution in [0.2, 0.25) is 0 Å². The number of aromatic nitrogens is 1. The molecule has 0 bridgehead atoms. The van der Waals surface area contributed by atoms with Crippen LogP contribution < -0.4 is 10.1 Å². The molecule has 1 aromatic carbocycles. The first-order chi connectivity index (χ1) is 12.8. The second-order valence-corrected chi connectivity index (χ2v) is 9.51. The molecule has 0 spiro atoms. The number of aryl methyl sites for hydroxylation is 1. The van der Waals surface area contributed by atoms with Gasteiger partial charge in [-0.1, -0.05) is 0 Å². The van der Waals surface area contributed by atoms with Crippen LogP contribution in [0, 0.1) is 12.8 Å². The standard InChI is InChI=1S/C18H23N3O4S2/c1-12-9-13(6-7-16(12)25-2)15-11-26-18(19-15)20-17(22)14-5-4-8-21(10-14)27(3,23)24/h6-7,9,11,14H,4-5,8,10H2,1-3H3,(H,19,20,22)/t14-/m1/s1. The van der Waals surface area contributed by atoms with Crippen molar-refractivity contribution in [3.05, 3.63) is 29.1 Å². The summed E-state index contributed by atoms with van der Waals surface area (Å²) in [5.74, 6) is 0.273. The van der Waals surface area contributed by atoms with Gasteiger partial charge in [0.15, 0.2) is 5.13 Å². The molecule has 0 radical (unpaired) electrons. The van der Waals surface area contributed by atoms with Crippen LogP contribution in [0.5, 0.6) is 5.75 Å². The number of carbonyl (C=O) groups excluding carboxylic acids is 1. The van der Waals surface area contributed by atoms with E-state index in [9.17, 15) is 13.2 Å². The van der Waals surface area contributed by atoms with E-state index in [1.54, 1.807) is 7.11 Å². The normalized spacial score (nSPS) is 18.3. The molecule has 146 valence electrons. The summed E-state index contributed by atoms with van der Waals surface area (Å²) < 4.78 is 30.1. The lowest BCUT2D eigenvalue weighted by Gasteiger charge is -2.29. The molecule has 2 aromatic rings. The summed E-state index contributed by atoms with van der Waals surface area (Å²) in [5.41, 5.74) is 2.74. The Labute approximate surface area is 163 Å². The van der Waals surface area contributed by atoms with Gasteiger partial charge in [0.2, 0.25) is 15.9 Å². The Morgan fingerprint density at radius 2 is 2.19 bits per heavy atom. The predicted octanol–water partition coefficient (Wildman–Crippen LogP) is 2.74. The number of anilines is 1. The number of carbonyl (C=O) groups is 1. The maximum absolute atomic E-state index is 12.5. The van der Waals surface area contributed by atoms with Gasteiger partial charge in [-0.15, -0.1) is 11.3 Å². The highest BCUT2D eigenvalue weighted by Gasteiger charge is 2.30. The van der Waals surface area contributed by atoms with Crippen molar-refractivity contribution in [2.75, 3.05) is 31.8 Å². The number of nitrogens with zero attached hydrogens (tertiary/aromatic N) is 2. The minimum atomic E-state index is -3.28. The van der Waals surface area contributed by atoms with E-state index < -0.39 is 10.0 Å². The second kappa shape index (κ2) is 7.95. The maximum atomic E-state index is 12.5. The zero-order valence-electron chi connectivity index (χ0n) is 15.6. The first kappa shape index (κ1) is 19.8. The molecule has 3 rings (SSSR count). The van der Waals surface area contributed by atoms with Crippen LogP contribution in [0.25, 0.3) is 11.3 Å². The number of benzene rings is 1. The monoisotopic (exact) mass is 409 g/mol. The quantitative estimate of drug-likeness (QED) is 0.820. The van der Waals surface area contributed by atoms with E-state index in [0.717, 1.165) is 22.6 Å². The Bertz CT molecular complexity index is 940. The molecule has 1 amide bonds. The summed E-state index contributed by atoms with van der Waals surface area (Å²) in [4.78, 5) is 17.0. The number of thiazole rings is 1. The molecule has 7 nitrogen and oxygen atoms in total. The van der Waals surface area contributed by atoms with E-state index in [2.05, 4.69) is 10.3 Å². The van der Waals surface area contributed by atoms with Crippen molar-refractivity contribution < 1.29 is 17.9 Å². The van der Waals surface area contributed by atoms with Gasteiger partial charge >= 0.3 is 0 Å². The van der Waals surface area contributed by atoms with Crippen LogP contribution in [0.4, 0.5) is 5.13 Å². The average molecular weight is 410 g/mol. The predicted molar refractivity (Wildman–Crippen MR) is 107 cm³/mol. The number of piperidine rings is 1. The van der Waals surface area contributed by atoms with E-state index in [1.165, 1.54) is 21.9 Å². The summed E-state index contributed by atoms with van der Waals surface area (Å²) in [7, 11) is -1.64. The van der Waals surface area contributed by atoms with Crippen molar-refractivity contribution in [2.24, 2.45) is 5.92 Å². The van der Waals surface area contributed by atoms with E-state index in [4.69, 9.17) is 4.74 Å². The summed E-state index contributed by atoms with van der Waals surface area (Å²) in [5, 5.41) is 5.24. The molecule has 1 N–H and O–H groups in total. The minimum absolute atomic E-state index is 0.185. The molecular formula is C18H23N3O4S2. The van der Waals surface area contributed by atoms with E-state index >= 15 is 0 Å². The lowest BCUT2D eigenvalue weighted by molar-refractivity contribution is -0.120. The molecule has 1 aliphatic heterocycles. The number of hydrogen-bond acceptors (Lipinski definition) is 6. The maximum Gasteiger partial charge on any atom is 0.230 e. The van der Waals surface area contributed by atoms with Crippen LogP contribution in [0.3, 0.4) is 0 Å². The fourth-order valence-corrected chi connectivity index (χ4v) is 4.80. The smallest absolute Gasteiger partial charge is 0.230 e. The van der Waals surface area contributed by atoms with Gasteiger partial charge in [-0.25, -0.2) is 17.7 Å². The molecular weight excluding hydrogens is 386 g/mol. The largest absolute Gasteiger partial charge is 0.496 e. The number of hydrogen-bond donors (Lipinski definition) is 1. The van der Waals surface area contributed by atoms with Crippen LogP contribution in [-0.4, -0.2) is 50.1 Å². The Morgan fingerprint density at radius 1 is 1.41 bits per heavy atom. The molecule has 1 aromatic heterocycles. The average Bonchev–Trinajstić information content (AvgIpc) is 3.09. The molecule has 0 unspecified atom stereocenters. The molecule has 9 heteroatoms. The minimum Gasteiger partial charge on any atom is -0.496 e. The third kappa shape index (κ3) is 4.66. The number of nitrogens with one attached hydrogen (secondary N) is 1. The molecule has 0 saturated carbocycles. The fourth-order valence-electron chi connectivity index (χ4n) is 3.17. The van der Waals surface area contributed by atoms with Crippen molar-refractivity contribution in [2.45, 2.75) is 19.8 Å². The first-order valence-electron chi connectivity index (χ1n) is 8.64. The SMILES string of the molecule is COc1ccc(-c2csc(NC(=O)[C@@H]3CCCN(S(C)(=O)=O)C3)n2)cc1C. The van der Waals surface area contributed by atoms with Gasteiger partial charge in [0.05, 0.1) is 25.0 Å². The topological polar surface area (TPSA) is 88.6 Å². The Hall–Kier alpha value is -1.97. The summed E-state index contributed by atoms with van der Waals surface area (Å²) in [6.45, 7) is 2.66. The lowest BCUT2D eigenvalue weighted by Crippen LogP contribution is -2.43. The highest BCUT2D eigenvalue weighted by molar-refractivity contribution is 7.88. The number of ether oxygens (including phenoxy) is 1. The summed E-state index contributed by atoms with van der Waals surface area (Å²) >= 11 is 1.35. The van der Waals surface area contributed by atoms with Gasteiger partial charge in [0, 0.05) is 24.0 Å². The van der Waals surface area contributed by atoms with Crippen molar-refractivity contribution in [1.29, 1.82) is 0 Å². The van der Waals surface area contributed by atoms with E-state index in [-0.39, 0.29) is 18.4 Å². The van der Waals surface area contributed by atoms with Crippen LogP contribution in [0.1, 0.15) is 18.4 Å². The third-order valence-electron chi connectivity index (χ3n) is 4.65. The highest BCUT2D eigenvalue weighted by atomic mass is 32.2. The molecule has 2 heterocycles. The number of sulfonamides is 1. The molecule has 1 aliphatic rings. The van der Waals surface area contributed by atoms with Gasteiger partial charge in [0.25, 0.3) is 0 Å². The van der Waals surface area contributed by atoms with Crippen molar-refractivity contribution >= 4 is 32.4 Å². The molecule has 1 saturated heterocycles. The van der Waals surface area contributed by atoms with Crippen molar-refractivity contribution in [3.63, 3.8) is 0 Å². The Balaban J connectivity index is 1.68. The molecule has 1 atom stereocenters. The Morgan fingerprint density at radius 3 is 2.85 bits per heavy atom. The lowest BCUT2D eigenvalue weighted by atomic mass is 9.99.